The smallest absolute Gasteiger partial charge is 0.00682 e. The van der Waals surface area contributed by atoms with Gasteiger partial charge in [-0.05, 0) is 70.8 Å². The number of unbranched alkanes of at least 4 members (excludes halogenated alkanes) is 5. The lowest BCUT2D eigenvalue weighted by atomic mass is 10.2. The second-order valence-electron chi connectivity index (χ2n) is 6.81. The van der Waals surface area contributed by atoms with E-state index in [-0.39, 0.29) is 0 Å². The molecule has 0 aromatic carbocycles. The molecule has 0 amide bonds. The Morgan fingerprint density at radius 1 is 0.667 bits per heavy atom. The molecule has 136 valence electrons. The minimum absolute atomic E-state index is 0.863. The molecule has 1 fully saturated rings. The Hall–Kier alpha value is -1.08. The van der Waals surface area contributed by atoms with Crippen molar-refractivity contribution in [3.63, 3.8) is 0 Å². The molecule has 1 rings (SSSR count). The summed E-state index contributed by atoms with van der Waals surface area (Å²) < 4.78 is 0. The molecular weight excluding hydrogens is 290 g/mol. The first kappa shape index (κ1) is 21.0. The zero-order chi connectivity index (χ0) is 17.1. The van der Waals surface area contributed by atoms with E-state index >= 15 is 0 Å². The average molecular weight is 330 g/mol. The van der Waals surface area contributed by atoms with Crippen molar-refractivity contribution in [3.8, 4) is 0 Å². The monoisotopic (exact) mass is 329 g/mol. The maximum absolute atomic E-state index is 3.57. The highest BCUT2D eigenvalue weighted by molar-refractivity contribution is 4.99. The summed E-state index contributed by atoms with van der Waals surface area (Å²) in [7, 11) is 0. The van der Waals surface area contributed by atoms with Crippen LogP contribution >= 0.6 is 0 Å². The Morgan fingerprint density at radius 3 is 1.67 bits per heavy atom. The van der Waals surface area contributed by atoms with Gasteiger partial charge in [-0.1, -0.05) is 68.4 Å². The van der Waals surface area contributed by atoms with Crippen LogP contribution in [0.4, 0.5) is 0 Å². The Labute approximate surface area is 151 Å². The Bertz CT molecular complexity index is 371. The van der Waals surface area contributed by atoms with Crippen LogP contribution in [0.5, 0.6) is 0 Å². The first-order valence-electron chi connectivity index (χ1n) is 10.3. The molecule has 0 aromatic heterocycles. The molecule has 1 nitrogen and oxygen atoms in total. The first-order valence-corrected chi connectivity index (χ1v) is 10.3. The van der Waals surface area contributed by atoms with Gasteiger partial charge >= 0.3 is 0 Å². The lowest BCUT2D eigenvalue weighted by molar-refractivity contribution is 0.623. The summed E-state index contributed by atoms with van der Waals surface area (Å²) in [4.78, 5) is 0. The number of hydrogen-bond donors (Lipinski definition) is 1. The fraction of sp³-hybridized carbons (Fsp3) is 0.652. The molecule has 0 aromatic rings. The molecule has 0 aliphatic heterocycles. The van der Waals surface area contributed by atoms with Gasteiger partial charge in [0.2, 0.25) is 0 Å². The third-order valence-electron chi connectivity index (χ3n) is 4.27. The van der Waals surface area contributed by atoms with Crippen LogP contribution in [0.15, 0.2) is 48.6 Å². The van der Waals surface area contributed by atoms with Crippen molar-refractivity contribution >= 4 is 0 Å². The van der Waals surface area contributed by atoms with Crippen LogP contribution in [0.3, 0.4) is 0 Å². The maximum Gasteiger partial charge on any atom is 0.00682 e. The topological polar surface area (TPSA) is 12.0 Å². The van der Waals surface area contributed by atoms with Gasteiger partial charge in [0.25, 0.3) is 0 Å². The first-order chi connectivity index (χ1) is 11.9. The predicted molar refractivity (Wildman–Crippen MR) is 109 cm³/mol. The lowest BCUT2D eigenvalue weighted by Crippen LogP contribution is -2.17. The van der Waals surface area contributed by atoms with Gasteiger partial charge in [0.05, 0.1) is 0 Å². The van der Waals surface area contributed by atoms with Gasteiger partial charge in [-0.3, -0.25) is 0 Å². The zero-order valence-corrected chi connectivity index (χ0v) is 15.9. The van der Waals surface area contributed by atoms with Crippen molar-refractivity contribution in [3.05, 3.63) is 48.6 Å². The standard InChI is InChI=1S/C23H39N/c1-2-3-4-5-6-7-8-9-10-11-12-13-14-15-16-17-18-19-22-24-23-20-21-23/h6-7,9-10,12-13,15-16,23-24H,2-5,8,11,14,17-22H2,1H3/b7-6+,10-9+,13-12+,16-15+. The summed E-state index contributed by atoms with van der Waals surface area (Å²) in [6.45, 7) is 3.46. The van der Waals surface area contributed by atoms with E-state index in [1.54, 1.807) is 0 Å². The highest BCUT2D eigenvalue weighted by Crippen LogP contribution is 2.18. The molecule has 1 aliphatic rings. The molecule has 1 N–H and O–H groups in total. The second-order valence-corrected chi connectivity index (χ2v) is 6.81. The molecule has 0 atom stereocenters. The van der Waals surface area contributed by atoms with Crippen molar-refractivity contribution in [2.75, 3.05) is 6.54 Å². The third-order valence-corrected chi connectivity index (χ3v) is 4.27. The van der Waals surface area contributed by atoms with Crippen LogP contribution in [-0.2, 0) is 0 Å². The maximum atomic E-state index is 3.57. The Kier molecular flexibility index (Phi) is 14.6. The highest BCUT2D eigenvalue weighted by Gasteiger charge is 2.19. The fourth-order valence-electron chi connectivity index (χ4n) is 2.54. The number of allylic oxidation sites excluding steroid dienone is 8. The van der Waals surface area contributed by atoms with Gasteiger partial charge in [-0.25, -0.2) is 0 Å². The van der Waals surface area contributed by atoms with Gasteiger partial charge < -0.3 is 5.32 Å². The molecule has 1 heteroatoms. The van der Waals surface area contributed by atoms with E-state index in [1.807, 2.05) is 0 Å². The summed E-state index contributed by atoms with van der Waals surface area (Å²) in [5.74, 6) is 0. The van der Waals surface area contributed by atoms with Crippen LogP contribution in [0, 0.1) is 0 Å². The molecule has 24 heavy (non-hydrogen) atoms. The molecule has 1 saturated carbocycles. The van der Waals surface area contributed by atoms with Crippen molar-refractivity contribution in [1.82, 2.24) is 5.32 Å². The summed E-state index contributed by atoms with van der Waals surface area (Å²) in [6.07, 6.45) is 33.4. The Morgan fingerprint density at radius 2 is 1.17 bits per heavy atom. The molecule has 0 heterocycles. The molecule has 0 radical (unpaired) electrons. The van der Waals surface area contributed by atoms with Gasteiger partial charge in [0, 0.05) is 6.04 Å². The van der Waals surface area contributed by atoms with Crippen LogP contribution in [0.2, 0.25) is 0 Å². The van der Waals surface area contributed by atoms with E-state index in [9.17, 15) is 0 Å². The van der Waals surface area contributed by atoms with Gasteiger partial charge in [-0.15, -0.1) is 0 Å². The molecule has 0 spiro atoms. The summed E-state index contributed by atoms with van der Waals surface area (Å²) in [5.41, 5.74) is 0. The van der Waals surface area contributed by atoms with Crippen molar-refractivity contribution < 1.29 is 0 Å². The Balaban J connectivity index is 1.80. The number of rotatable bonds is 16. The van der Waals surface area contributed by atoms with E-state index in [0.29, 0.717) is 0 Å². The largest absolute Gasteiger partial charge is 0.314 e. The van der Waals surface area contributed by atoms with Crippen LogP contribution in [0.25, 0.3) is 0 Å². The number of hydrogen-bond acceptors (Lipinski definition) is 1. The van der Waals surface area contributed by atoms with E-state index < -0.39 is 0 Å². The average Bonchev–Trinajstić information content (AvgIpc) is 3.41. The summed E-state index contributed by atoms with van der Waals surface area (Å²) in [6, 6.07) is 0.863. The minimum Gasteiger partial charge on any atom is -0.314 e. The fourth-order valence-corrected chi connectivity index (χ4v) is 2.54. The highest BCUT2D eigenvalue weighted by atomic mass is 14.9. The van der Waals surface area contributed by atoms with Crippen LogP contribution in [-0.4, -0.2) is 12.6 Å². The van der Waals surface area contributed by atoms with Gasteiger partial charge in [0.1, 0.15) is 0 Å². The summed E-state index contributed by atoms with van der Waals surface area (Å²) >= 11 is 0. The van der Waals surface area contributed by atoms with Crippen molar-refractivity contribution in [2.24, 2.45) is 0 Å². The van der Waals surface area contributed by atoms with E-state index in [1.165, 1.54) is 64.3 Å². The van der Waals surface area contributed by atoms with E-state index in [4.69, 9.17) is 0 Å². The van der Waals surface area contributed by atoms with Crippen molar-refractivity contribution in [2.45, 2.75) is 90.0 Å². The minimum atomic E-state index is 0.863. The normalized spacial score (nSPS) is 15.7. The zero-order valence-electron chi connectivity index (χ0n) is 15.9. The molecular formula is C23H39N. The lowest BCUT2D eigenvalue weighted by Gasteiger charge is -1.99. The second kappa shape index (κ2) is 16.8. The van der Waals surface area contributed by atoms with E-state index in [0.717, 1.165) is 25.3 Å². The summed E-state index contributed by atoms with van der Waals surface area (Å²) in [5, 5.41) is 3.57. The van der Waals surface area contributed by atoms with Gasteiger partial charge in [0.15, 0.2) is 0 Å². The quantitative estimate of drug-likeness (QED) is 0.240. The molecule has 0 unspecified atom stereocenters. The van der Waals surface area contributed by atoms with Crippen LogP contribution in [0.1, 0.15) is 84.0 Å². The van der Waals surface area contributed by atoms with Gasteiger partial charge in [-0.2, -0.15) is 0 Å². The molecule has 0 bridgehead atoms. The SMILES string of the molecule is CCCCC/C=C/C/C=C/C/C=C/C/C=C/CCCCNC1CC1. The van der Waals surface area contributed by atoms with E-state index in [2.05, 4.69) is 60.8 Å². The van der Waals surface area contributed by atoms with Crippen molar-refractivity contribution in [1.29, 1.82) is 0 Å². The predicted octanol–water partition coefficient (Wildman–Crippen LogP) is 6.88. The third kappa shape index (κ3) is 15.8. The molecule has 0 saturated heterocycles. The van der Waals surface area contributed by atoms with Crippen LogP contribution < -0.4 is 5.32 Å². The number of nitrogens with one attached hydrogen (secondary N) is 1. The molecule has 1 aliphatic carbocycles.